The SMILES string of the molecule is C=C1CCC2(C=CC(OC)=CC2=O)C1. The minimum atomic E-state index is -0.293. The van der Waals surface area contributed by atoms with Gasteiger partial charge in [-0.15, -0.1) is 0 Å². The van der Waals surface area contributed by atoms with Gasteiger partial charge in [-0.3, -0.25) is 4.79 Å². The molecule has 0 amide bonds. The molecule has 0 aromatic carbocycles. The molecule has 2 heteroatoms. The maximum Gasteiger partial charge on any atom is 0.169 e. The highest BCUT2D eigenvalue weighted by atomic mass is 16.5. The molecule has 1 saturated carbocycles. The van der Waals surface area contributed by atoms with Crippen molar-refractivity contribution in [3.05, 3.63) is 36.1 Å². The van der Waals surface area contributed by atoms with Gasteiger partial charge in [0.1, 0.15) is 5.76 Å². The molecule has 1 spiro atoms. The third kappa shape index (κ3) is 1.31. The van der Waals surface area contributed by atoms with E-state index in [-0.39, 0.29) is 11.2 Å². The summed E-state index contributed by atoms with van der Waals surface area (Å²) in [5.74, 6) is 0.814. The monoisotopic (exact) mass is 190 g/mol. The highest BCUT2D eigenvalue weighted by molar-refractivity contribution is 5.98. The number of hydrogen-bond donors (Lipinski definition) is 0. The van der Waals surface area contributed by atoms with Crippen LogP contribution in [0.25, 0.3) is 0 Å². The summed E-state index contributed by atoms with van der Waals surface area (Å²) in [6, 6.07) is 0. The van der Waals surface area contributed by atoms with E-state index in [0.717, 1.165) is 19.3 Å². The summed E-state index contributed by atoms with van der Waals surface area (Å²) in [4.78, 5) is 11.9. The Morgan fingerprint density at radius 2 is 2.36 bits per heavy atom. The van der Waals surface area contributed by atoms with Crippen molar-refractivity contribution in [2.75, 3.05) is 7.11 Å². The van der Waals surface area contributed by atoms with E-state index in [1.807, 2.05) is 12.2 Å². The Morgan fingerprint density at radius 3 is 2.86 bits per heavy atom. The lowest BCUT2D eigenvalue weighted by Gasteiger charge is -2.24. The number of carbonyl (C=O) groups is 1. The Balaban J connectivity index is 2.26. The minimum Gasteiger partial charge on any atom is -0.497 e. The molecule has 0 bridgehead atoms. The summed E-state index contributed by atoms with van der Waals surface area (Å²) in [7, 11) is 1.58. The van der Waals surface area contributed by atoms with E-state index in [1.165, 1.54) is 5.57 Å². The van der Waals surface area contributed by atoms with Crippen molar-refractivity contribution >= 4 is 5.78 Å². The molecule has 1 unspecified atom stereocenters. The van der Waals surface area contributed by atoms with Crippen molar-refractivity contribution in [3.63, 3.8) is 0 Å². The first kappa shape index (κ1) is 9.25. The van der Waals surface area contributed by atoms with E-state index in [1.54, 1.807) is 13.2 Å². The van der Waals surface area contributed by atoms with Gasteiger partial charge in [0.05, 0.1) is 12.5 Å². The van der Waals surface area contributed by atoms with Gasteiger partial charge in [0.15, 0.2) is 5.78 Å². The van der Waals surface area contributed by atoms with Gasteiger partial charge >= 0.3 is 0 Å². The van der Waals surface area contributed by atoms with Crippen LogP contribution in [0.15, 0.2) is 36.1 Å². The van der Waals surface area contributed by atoms with Crippen LogP contribution in [0.3, 0.4) is 0 Å². The van der Waals surface area contributed by atoms with Gasteiger partial charge in [0.25, 0.3) is 0 Å². The Morgan fingerprint density at radius 1 is 1.57 bits per heavy atom. The molecular formula is C12H14O2. The lowest BCUT2D eigenvalue weighted by atomic mass is 9.78. The molecule has 2 aliphatic carbocycles. The molecule has 2 nitrogen and oxygen atoms in total. The third-order valence-electron chi connectivity index (χ3n) is 3.06. The first-order valence-electron chi connectivity index (χ1n) is 4.82. The van der Waals surface area contributed by atoms with Gasteiger partial charge in [-0.25, -0.2) is 0 Å². The second kappa shape index (κ2) is 3.12. The van der Waals surface area contributed by atoms with Crippen LogP contribution in [0.5, 0.6) is 0 Å². The van der Waals surface area contributed by atoms with Crippen molar-refractivity contribution < 1.29 is 9.53 Å². The summed E-state index contributed by atoms with van der Waals surface area (Å²) >= 11 is 0. The molecule has 0 aromatic heterocycles. The molecule has 0 aromatic rings. The number of rotatable bonds is 1. The van der Waals surface area contributed by atoms with E-state index < -0.39 is 0 Å². The Hall–Kier alpha value is -1.31. The van der Waals surface area contributed by atoms with Crippen LogP contribution < -0.4 is 0 Å². The molecular weight excluding hydrogens is 176 g/mol. The zero-order valence-electron chi connectivity index (χ0n) is 8.38. The Bertz CT molecular complexity index is 349. The topological polar surface area (TPSA) is 26.3 Å². The van der Waals surface area contributed by atoms with Crippen LogP contribution >= 0.6 is 0 Å². The zero-order chi connectivity index (χ0) is 10.2. The van der Waals surface area contributed by atoms with Crippen molar-refractivity contribution in [1.82, 2.24) is 0 Å². The minimum absolute atomic E-state index is 0.163. The van der Waals surface area contributed by atoms with E-state index in [0.29, 0.717) is 5.76 Å². The fourth-order valence-corrected chi connectivity index (χ4v) is 2.15. The number of hydrogen-bond acceptors (Lipinski definition) is 2. The number of ketones is 1. The molecule has 0 heterocycles. The predicted octanol–water partition coefficient (Wildman–Crippen LogP) is 2.38. The molecule has 1 fully saturated rings. The summed E-state index contributed by atoms with van der Waals surface area (Å²) in [6.45, 7) is 3.94. The van der Waals surface area contributed by atoms with Crippen molar-refractivity contribution in [2.45, 2.75) is 19.3 Å². The Kier molecular flexibility index (Phi) is 2.06. The maximum atomic E-state index is 11.9. The highest BCUT2D eigenvalue weighted by Gasteiger charge is 2.40. The average molecular weight is 190 g/mol. The summed E-state index contributed by atoms with van der Waals surface area (Å²) < 4.78 is 5.02. The lowest BCUT2D eigenvalue weighted by molar-refractivity contribution is -0.121. The first-order valence-corrected chi connectivity index (χ1v) is 4.82. The van der Waals surface area contributed by atoms with Crippen molar-refractivity contribution in [1.29, 1.82) is 0 Å². The van der Waals surface area contributed by atoms with Crippen molar-refractivity contribution in [2.24, 2.45) is 5.41 Å². The van der Waals surface area contributed by atoms with Gasteiger partial charge < -0.3 is 4.74 Å². The molecule has 2 rings (SSSR count). The third-order valence-corrected chi connectivity index (χ3v) is 3.06. The normalized spacial score (nSPS) is 31.1. The lowest BCUT2D eigenvalue weighted by Crippen LogP contribution is -2.26. The number of carbonyl (C=O) groups excluding carboxylic acids is 1. The van der Waals surface area contributed by atoms with E-state index in [2.05, 4.69) is 6.58 Å². The predicted molar refractivity (Wildman–Crippen MR) is 54.7 cm³/mol. The molecule has 0 N–H and O–H groups in total. The number of ether oxygens (including phenoxy) is 1. The Labute approximate surface area is 83.9 Å². The molecule has 14 heavy (non-hydrogen) atoms. The van der Waals surface area contributed by atoms with Gasteiger partial charge in [-0.2, -0.15) is 0 Å². The van der Waals surface area contributed by atoms with Crippen LogP contribution in [0, 0.1) is 5.41 Å². The van der Waals surface area contributed by atoms with Gasteiger partial charge in [-0.05, 0) is 25.3 Å². The fourth-order valence-electron chi connectivity index (χ4n) is 2.15. The molecule has 0 aliphatic heterocycles. The largest absolute Gasteiger partial charge is 0.497 e. The van der Waals surface area contributed by atoms with Crippen LogP contribution in [0.2, 0.25) is 0 Å². The smallest absolute Gasteiger partial charge is 0.169 e. The van der Waals surface area contributed by atoms with E-state index in [4.69, 9.17) is 4.74 Å². The molecule has 0 saturated heterocycles. The highest BCUT2D eigenvalue weighted by Crippen LogP contribution is 2.44. The van der Waals surface area contributed by atoms with Gasteiger partial charge in [-0.1, -0.05) is 18.2 Å². The maximum absolute atomic E-state index is 11.9. The number of allylic oxidation sites excluding steroid dienone is 4. The molecule has 0 radical (unpaired) electrons. The molecule has 2 aliphatic rings. The zero-order valence-corrected chi connectivity index (χ0v) is 8.38. The van der Waals surface area contributed by atoms with Crippen molar-refractivity contribution in [3.8, 4) is 0 Å². The second-order valence-electron chi connectivity index (χ2n) is 4.03. The summed E-state index contributed by atoms with van der Waals surface area (Å²) in [6.07, 6.45) is 8.13. The summed E-state index contributed by atoms with van der Waals surface area (Å²) in [5.41, 5.74) is 0.885. The number of methoxy groups -OCH3 is 1. The van der Waals surface area contributed by atoms with Crippen LogP contribution in [-0.4, -0.2) is 12.9 Å². The van der Waals surface area contributed by atoms with Gasteiger partial charge in [0, 0.05) is 6.08 Å². The van der Waals surface area contributed by atoms with E-state index >= 15 is 0 Å². The quantitative estimate of drug-likeness (QED) is 0.593. The average Bonchev–Trinajstić information content (AvgIpc) is 2.54. The molecule has 1 atom stereocenters. The first-order chi connectivity index (χ1) is 6.66. The molecule has 74 valence electrons. The fraction of sp³-hybridized carbons (Fsp3) is 0.417. The second-order valence-corrected chi connectivity index (χ2v) is 4.03. The van der Waals surface area contributed by atoms with Gasteiger partial charge in [0.2, 0.25) is 0 Å². The van der Waals surface area contributed by atoms with Crippen LogP contribution in [0.1, 0.15) is 19.3 Å². The van der Waals surface area contributed by atoms with Crippen LogP contribution in [-0.2, 0) is 9.53 Å². The summed E-state index contributed by atoms with van der Waals surface area (Å²) in [5, 5.41) is 0. The van der Waals surface area contributed by atoms with Crippen LogP contribution in [0.4, 0.5) is 0 Å². The van der Waals surface area contributed by atoms with E-state index in [9.17, 15) is 4.79 Å². The standard InChI is InChI=1S/C12H14O2/c1-9-3-5-12(8-9)6-4-10(14-2)7-11(12)13/h4,6-7H,1,3,5,8H2,2H3.